The third-order valence-corrected chi connectivity index (χ3v) is 6.45. The molecule has 1 heterocycles. The Bertz CT molecular complexity index is 927. The molecule has 2 atom stereocenters. The van der Waals surface area contributed by atoms with Crippen molar-refractivity contribution in [2.24, 2.45) is 0 Å². The molecule has 0 saturated carbocycles. The number of aryl methyl sites for hydroxylation is 2. The van der Waals surface area contributed by atoms with E-state index < -0.39 is 0 Å². The Hall–Kier alpha value is -1.58. The Labute approximate surface area is 157 Å². The van der Waals surface area contributed by atoms with Crippen LogP contribution < -0.4 is 5.32 Å². The van der Waals surface area contributed by atoms with E-state index in [0.717, 1.165) is 6.42 Å². The number of halogens is 1. The van der Waals surface area contributed by atoms with Gasteiger partial charge in [-0.2, -0.15) is 0 Å². The van der Waals surface area contributed by atoms with E-state index in [0.29, 0.717) is 12.1 Å². The monoisotopic (exact) mass is 394 g/mol. The Morgan fingerprint density at radius 3 is 2.80 bits per heavy atom. The van der Waals surface area contributed by atoms with Crippen LogP contribution in [0.2, 0.25) is 0 Å². The van der Waals surface area contributed by atoms with E-state index in [4.69, 9.17) is 0 Å². The minimum atomic E-state index is 0.463. The highest BCUT2D eigenvalue weighted by atomic mass is 79.9. The lowest BCUT2D eigenvalue weighted by Crippen LogP contribution is -2.38. The summed E-state index contributed by atoms with van der Waals surface area (Å²) in [7, 11) is 0. The van der Waals surface area contributed by atoms with Gasteiger partial charge in [0.25, 0.3) is 0 Å². The molecule has 5 rings (SSSR count). The average Bonchev–Trinajstić information content (AvgIpc) is 3.01. The molecule has 0 bridgehead atoms. The number of aromatic nitrogens is 1. The highest BCUT2D eigenvalue weighted by Crippen LogP contribution is 2.36. The number of nitrogens with one attached hydrogen (secondary N) is 2. The number of aromatic amines is 1. The minimum Gasteiger partial charge on any atom is -0.357 e. The maximum atomic E-state index is 3.99. The third-order valence-electron chi connectivity index (χ3n) is 5.95. The molecule has 0 radical (unpaired) electrons. The first-order valence-corrected chi connectivity index (χ1v) is 10.2. The second kappa shape index (κ2) is 6.30. The van der Waals surface area contributed by atoms with E-state index in [-0.39, 0.29) is 0 Å². The van der Waals surface area contributed by atoms with E-state index >= 15 is 0 Å². The lowest BCUT2D eigenvalue weighted by molar-refractivity contribution is 0.364. The van der Waals surface area contributed by atoms with Crippen LogP contribution in [0, 0.1) is 0 Å². The molecular weight excluding hydrogens is 372 g/mol. The van der Waals surface area contributed by atoms with Crippen molar-refractivity contribution in [3.8, 4) is 0 Å². The van der Waals surface area contributed by atoms with Gasteiger partial charge in [0, 0.05) is 33.2 Å². The van der Waals surface area contributed by atoms with Crippen LogP contribution in [-0.2, 0) is 19.3 Å². The van der Waals surface area contributed by atoms with Crippen LogP contribution in [0.4, 0.5) is 0 Å². The van der Waals surface area contributed by atoms with Gasteiger partial charge in [0.2, 0.25) is 0 Å². The van der Waals surface area contributed by atoms with Gasteiger partial charge >= 0.3 is 0 Å². The molecule has 2 aliphatic carbocycles. The van der Waals surface area contributed by atoms with Crippen molar-refractivity contribution in [1.82, 2.24) is 10.3 Å². The molecule has 0 amide bonds. The van der Waals surface area contributed by atoms with Crippen molar-refractivity contribution in [1.29, 1.82) is 0 Å². The summed E-state index contributed by atoms with van der Waals surface area (Å²) in [5.41, 5.74) is 7.30. The first kappa shape index (κ1) is 15.7. The summed E-state index contributed by atoms with van der Waals surface area (Å²) in [5, 5.41) is 5.38. The molecule has 0 saturated heterocycles. The fourth-order valence-corrected chi connectivity index (χ4v) is 5.09. The van der Waals surface area contributed by atoms with Gasteiger partial charge in [-0.15, -0.1) is 0 Å². The summed E-state index contributed by atoms with van der Waals surface area (Å²) in [6, 6.07) is 16.6. The first-order valence-electron chi connectivity index (χ1n) is 9.41. The van der Waals surface area contributed by atoms with Crippen molar-refractivity contribution < 1.29 is 0 Å². The Morgan fingerprint density at radius 2 is 1.88 bits per heavy atom. The molecule has 0 aliphatic heterocycles. The van der Waals surface area contributed by atoms with Gasteiger partial charge in [0.15, 0.2) is 0 Å². The maximum Gasteiger partial charge on any atom is 0.0478 e. The number of hydrogen-bond acceptors (Lipinski definition) is 1. The van der Waals surface area contributed by atoms with Crippen molar-refractivity contribution in [3.63, 3.8) is 0 Å². The van der Waals surface area contributed by atoms with Crippen LogP contribution in [0.3, 0.4) is 0 Å². The molecule has 25 heavy (non-hydrogen) atoms. The van der Waals surface area contributed by atoms with Crippen molar-refractivity contribution in [2.45, 2.75) is 50.6 Å². The fourth-order valence-electron chi connectivity index (χ4n) is 4.73. The summed E-state index contributed by atoms with van der Waals surface area (Å²) >= 11 is 3.63. The predicted molar refractivity (Wildman–Crippen MR) is 107 cm³/mol. The molecule has 1 aromatic heterocycles. The zero-order valence-electron chi connectivity index (χ0n) is 14.3. The topological polar surface area (TPSA) is 27.8 Å². The van der Waals surface area contributed by atoms with Crippen LogP contribution in [0.1, 0.15) is 47.7 Å². The Morgan fingerprint density at radius 1 is 1.00 bits per heavy atom. The molecular formula is C22H23BrN2. The molecule has 3 heteroatoms. The van der Waals surface area contributed by atoms with E-state index in [1.54, 1.807) is 5.56 Å². The normalized spacial score (nSPS) is 22.6. The fraction of sp³-hybridized carbons (Fsp3) is 0.364. The van der Waals surface area contributed by atoms with Crippen LogP contribution >= 0.6 is 15.9 Å². The highest BCUT2D eigenvalue weighted by Gasteiger charge is 2.27. The van der Waals surface area contributed by atoms with Gasteiger partial charge in [-0.1, -0.05) is 40.2 Å². The third kappa shape index (κ3) is 2.84. The summed E-state index contributed by atoms with van der Waals surface area (Å²) < 4.78 is 1.17. The molecule has 2 aromatic carbocycles. The van der Waals surface area contributed by atoms with E-state index in [1.165, 1.54) is 64.3 Å². The number of fused-ring (bicyclic) bond motifs is 4. The molecule has 0 spiro atoms. The van der Waals surface area contributed by atoms with E-state index in [2.05, 4.69) is 68.7 Å². The molecule has 2 aliphatic rings. The van der Waals surface area contributed by atoms with Crippen molar-refractivity contribution in [2.75, 3.05) is 0 Å². The summed E-state index contributed by atoms with van der Waals surface area (Å²) in [5.74, 6) is 0. The van der Waals surface area contributed by atoms with E-state index in [1.807, 2.05) is 0 Å². The summed E-state index contributed by atoms with van der Waals surface area (Å²) in [6.45, 7) is 0. The Kier molecular flexibility index (Phi) is 3.94. The largest absolute Gasteiger partial charge is 0.357 e. The quantitative estimate of drug-likeness (QED) is 0.593. The van der Waals surface area contributed by atoms with Crippen molar-refractivity contribution >= 4 is 26.8 Å². The van der Waals surface area contributed by atoms with E-state index in [9.17, 15) is 0 Å². The number of H-pyrrole nitrogens is 1. The summed E-state index contributed by atoms with van der Waals surface area (Å²) in [6.07, 6.45) is 7.31. The lowest BCUT2D eigenvalue weighted by Gasteiger charge is -2.32. The summed E-state index contributed by atoms with van der Waals surface area (Å²) in [4.78, 5) is 3.72. The predicted octanol–water partition coefficient (Wildman–Crippen LogP) is 5.45. The first-order chi connectivity index (χ1) is 12.3. The van der Waals surface area contributed by atoms with Gasteiger partial charge in [-0.05, 0) is 73.4 Å². The SMILES string of the molecule is Brc1ccc2[nH]c3c(c2c1)CCCC3NC1CCc2ccccc2C1. The van der Waals surface area contributed by atoms with Crippen LogP contribution in [-0.4, -0.2) is 11.0 Å². The molecule has 3 aromatic rings. The number of rotatable bonds is 2. The minimum absolute atomic E-state index is 0.463. The zero-order valence-corrected chi connectivity index (χ0v) is 15.9. The van der Waals surface area contributed by atoms with Crippen LogP contribution in [0.25, 0.3) is 10.9 Å². The molecule has 2 N–H and O–H groups in total. The smallest absolute Gasteiger partial charge is 0.0478 e. The zero-order chi connectivity index (χ0) is 16.8. The Balaban J connectivity index is 1.42. The van der Waals surface area contributed by atoms with Gasteiger partial charge in [0.1, 0.15) is 0 Å². The maximum absolute atomic E-state index is 3.99. The van der Waals surface area contributed by atoms with Crippen LogP contribution in [0.15, 0.2) is 46.9 Å². The van der Waals surface area contributed by atoms with Gasteiger partial charge in [-0.25, -0.2) is 0 Å². The second-order valence-corrected chi connectivity index (χ2v) is 8.44. The highest BCUT2D eigenvalue weighted by molar-refractivity contribution is 9.10. The lowest BCUT2D eigenvalue weighted by atomic mass is 9.86. The second-order valence-electron chi connectivity index (χ2n) is 7.53. The van der Waals surface area contributed by atoms with Crippen LogP contribution in [0.5, 0.6) is 0 Å². The standard InChI is InChI=1S/C22H23BrN2/c23-16-9-11-20-19(13-16)18-6-3-7-21(22(18)25-20)24-17-10-8-14-4-1-2-5-15(14)12-17/h1-2,4-5,9,11,13,17,21,24-25H,3,6-8,10,12H2. The molecule has 2 nitrogen and oxygen atoms in total. The average molecular weight is 395 g/mol. The molecule has 0 fully saturated rings. The molecule has 2 unspecified atom stereocenters. The van der Waals surface area contributed by atoms with Gasteiger partial charge in [-0.3, -0.25) is 0 Å². The number of benzene rings is 2. The molecule has 128 valence electrons. The van der Waals surface area contributed by atoms with Gasteiger partial charge in [0.05, 0.1) is 0 Å². The van der Waals surface area contributed by atoms with Gasteiger partial charge < -0.3 is 10.3 Å². The van der Waals surface area contributed by atoms with Crippen molar-refractivity contribution in [3.05, 3.63) is 69.3 Å². The number of hydrogen-bond donors (Lipinski definition) is 2.